The first-order valence-electron chi connectivity index (χ1n) is 2.31. The summed E-state index contributed by atoms with van der Waals surface area (Å²) < 4.78 is 0. The van der Waals surface area contributed by atoms with E-state index in [0.29, 0.717) is 0 Å². The van der Waals surface area contributed by atoms with Gasteiger partial charge in [-0.15, -0.1) is 23.1 Å². The quantitative estimate of drug-likeness (QED) is 0.559. The summed E-state index contributed by atoms with van der Waals surface area (Å²) in [5, 5.41) is 0. The second kappa shape index (κ2) is 24.8. The standard InChI is InChI=1S/4CH3.2Al.Te/h4*1H3;;;. The minimum absolute atomic E-state index is 0. The zero-order chi connectivity index (χ0) is 5.41. The van der Waals surface area contributed by atoms with E-state index < -0.39 is 0 Å². The fourth-order valence-electron chi connectivity index (χ4n) is 0. The summed E-state index contributed by atoms with van der Waals surface area (Å²) in [5.74, 6) is 8.83. The van der Waals surface area contributed by atoms with Crippen molar-refractivity contribution in [2.24, 2.45) is 0 Å². The fourth-order valence-corrected chi connectivity index (χ4v) is 0. The first-order valence-corrected chi connectivity index (χ1v) is 6.93. The van der Waals surface area contributed by atoms with Crippen molar-refractivity contribution in [3.05, 3.63) is 0 Å². The summed E-state index contributed by atoms with van der Waals surface area (Å²) >= 11 is 1.50. The molecule has 0 atom stereocenters. The molecule has 0 saturated carbocycles. The Balaban J connectivity index is -0.0000000400. The molecule has 0 aromatic heterocycles. The molecule has 0 bridgehead atoms. The van der Waals surface area contributed by atoms with Gasteiger partial charge >= 0.3 is 0 Å². The monoisotopic (exact) mass is 244 g/mol. The first-order chi connectivity index (χ1) is 2.83. The van der Waals surface area contributed by atoms with Crippen LogP contribution in [0.4, 0.5) is 0 Å². The van der Waals surface area contributed by atoms with Crippen LogP contribution in [0.2, 0.25) is 23.1 Å². The van der Waals surface area contributed by atoms with Crippen LogP contribution in [0.15, 0.2) is 0 Å². The second-order valence-corrected chi connectivity index (χ2v) is 3.46. The second-order valence-electron chi connectivity index (χ2n) is 1.15. The molecule has 7 heavy (non-hydrogen) atoms. The molecule has 40 valence electrons. The largest absolute Gasteiger partial charge is 0.191 e. The number of hydrogen-bond donors (Lipinski definition) is 0. The molecule has 0 N–H and O–H groups in total. The van der Waals surface area contributed by atoms with E-state index >= 15 is 0 Å². The summed E-state index contributed by atoms with van der Waals surface area (Å²) in [4.78, 5) is 0. The van der Waals surface area contributed by atoms with Crippen LogP contribution in [0.1, 0.15) is 0 Å². The zero-order valence-electron chi connectivity index (χ0n) is 5.56. The van der Waals surface area contributed by atoms with E-state index in [9.17, 15) is 0 Å². The minimum Gasteiger partial charge on any atom is -0.115 e. The van der Waals surface area contributed by atoms with Gasteiger partial charge in [-0.3, -0.25) is 0 Å². The molecule has 0 aromatic rings. The van der Waals surface area contributed by atoms with Crippen LogP contribution in [0.5, 0.6) is 0 Å². The van der Waals surface area contributed by atoms with E-state index in [1.165, 1.54) is 0 Å². The smallest absolute Gasteiger partial charge is 0.115 e. The Kier molecular flexibility index (Phi) is 56.6. The maximum absolute atomic E-state index is 2.21. The third-order valence-corrected chi connectivity index (χ3v) is 0. The van der Waals surface area contributed by atoms with Gasteiger partial charge in [0.25, 0.3) is 0 Å². The van der Waals surface area contributed by atoms with E-state index in [-0.39, 0.29) is 23.7 Å². The van der Waals surface area contributed by atoms with Crippen molar-refractivity contribution < 1.29 is 0 Å². The van der Waals surface area contributed by atoms with Gasteiger partial charge in [0, 0.05) is 23.7 Å². The Hall–Kier alpha value is 1.85. The maximum Gasteiger partial charge on any atom is 0.191 e. The maximum atomic E-state index is 2.21. The first kappa shape index (κ1) is 15.9. The van der Waals surface area contributed by atoms with Crippen molar-refractivity contribution in [2.45, 2.75) is 23.1 Å². The van der Waals surface area contributed by atoms with E-state index in [4.69, 9.17) is 0 Å². The Morgan fingerprint density at radius 3 is 0.714 bits per heavy atom. The van der Waals surface area contributed by atoms with Crippen LogP contribution < -0.4 is 0 Å². The SMILES string of the molecule is [CH3][Al][CH3].[CH3][Al][CH3].[Te]. The van der Waals surface area contributed by atoms with Gasteiger partial charge in [-0.25, -0.2) is 0 Å². The van der Waals surface area contributed by atoms with Crippen LogP contribution in [-0.2, 0) is 0 Å². The van der Waals surface area contributed by atoms with Gasteiger partial charge in [0.15, 0.2) is 30.4 Å². The molecule has 0 amide bonds. The molecule has 4 radical (unpaired) electrons. The molecular weight excluding hydrogens is 230 g/mol. The fraction of sp³-hybridized carbons (Fsp3) is 1.00. The van der Waals surface area contributed by atoms with Gasteiger partial charge in [0.1, 0.15) is 0 Å². The van der Waals surface area contributed by atoms with Crippen molar-refractivity contribution in [1.82, 2.24) is 0 Å². The van der Waals surface area contributed by atoms with E-state index in [1.54, 1.807) is 0 Å². The molecule has 3 heteroatoms. The average Bonchev–Trinajstić information content (AvgIpc) is 1.39. The molecule has 0 saturated heterocycles. The predicted octanol–water partition coefficient (Wildman–Crippen LogP) is 1.19. The summed E-state index contributed by atoms with van der Waals surface area (Å²) in [7, 11) is 0. The topological polar surface area (TPSA) is 0 Å². The molecule has 0 spiro atoms. The van der Waals surface area contributed by atoms with Crippen molar-refractivity contribution in [3.8, 4) is 0 Å². The number of rotatable bonds is 0. The summed E-state index contributed by atoms with van der Waals surface area (Å²) in [6.07, 6.45) is 0. The van der Waals surface area contributed by atoms with Crippen LogP contribution in [0, 0.1) is 0 Å². The minimum atomic E-state index is 0. The summed E-state index contributed by atoms with van der Waals surface area (Å²) in [6.45, 7) is 0. The molecule has 0 aromatic carbocycles. The average molecular weight is 242 g/mol. The normalized spacial score (nSPS) is 4.00. The third kappa shape index (κ3) is 78.3. The molecule has 0 aliphatic rings. The van der Waals surface area contributed by atoms with Crippen molar-refractivity contribution in [2.75, 3.05) is 0 Å². The predicted molar refractivity (Wildman–Crippen MR) is 40.7 cm³/mol. The van der Waals surface area contributed by atoms with E-state index in [1.807, 2.05) is 0 Å². The van der Waals surface area contributed by atoms with Crippen molar-refractivity contribution >= 4 is 54.1 Å². The summed E-state index contributed by atoms with van der Waals surface area (Å²) in [5.41, 5.74) is 0. The van der Waals surface area contributed by atoms with Gasteiger partial charge in [-0.2, -0.15) is 0 Å². The van der Waals surface area contributed by atoms with Crippen LogP contribution in [-0.4, -0.2) is 54.1 Å². The Morgan fingerprint density at radius 2 is 0.714 bits per heavy atom. The molecule has 0 nitrogen and oxygen atoms in total. The molecule has 0 heterocycles. The van der Waals surface area contributed by atoms with Gasteiger partial charge in [0.2, 0.25) is 0 Å². The molecule has 0 aliphatic heterocycles. The Labute approximate surface area is 76.6 Å². The van der Waals surface area contributed by atoms with Gasteiger partial charge in [-0.1, -0.05) is 0 Å². The van der Waals surface area contributed by atoms with Crippen LogP contribution in [0.3, 0.4) is 0 Å². The van der Waals surface area contributed by atoms with E-state index in [0.717, 1.165) is 30.4 Å². The van der Waals surface area contributed by atoms with Gasteiger partial charge < -0.3 is 0 Å². The molecule has 0 unspecified atom stereocenters. The molecule has 0 rings (SSSR count). The molecule has 0 aliphatic carbocycles. The van der Waals surface area contributed by atoms with Gasteiger partial charge in [0.05, 0.1) is 0 Å². The molecule has 0 fully saturated rings. The number of hydrogen-bond acceptors (Lipinski definition) is 0. The molecular formula is C4H12Al2Te. The van der Waals surface area contributed by atoms with Crippen molar-refractivity contribution in [1.29, 1.82) is 0 Å². The van der Waals surface area contributed by atoms with E-state index in [2.05, 4.69) is 23.1 Å². The zero-order valence-corrected chi connectivity index (χ0v) is 10.2. The summed E-state index contributed by atoms with van der Waals surface area (Å²) in [6, 6.07) is 0. The Morgan fingerprint density at radius 1 is 0.714 bits per heavy atom. The third-order valence-electron chi connectivity index (χ3n) is 0. The van der Waals surface area contributed by atoms with Crippen LogP contribution >= 0.6 is 0 Å². The Bertz CT molecular complexity index is 11.7. The van der Waals surface area contributed by atoms with Gasteiger partial charge in [-0.05, 0) is 0 Å². The van der Waals surface area contributed by atoms with Crippen molar-refractivity contribution in [3.63, 3.8) is 0 Å². The van der Waals surface area contributed by atoms with Crippen LogP contribution in [0.25, 0.3) is 0 Å².